The van der Waals surface area contributed by atoms with Crippen LogP contribution in [0.5, 0.6) is 0 Å². The molecule has 0 spiro atoms. The Labute approximate surface area is 89.6 Å². The first-order valence-electron chi connectivity index (χ1n) is 5.00. The SMILES string of the molecule is CC(C)(C)OC(=O)[C@]1(C(=O)O)CC1(C)C. The van der Waals surface area contributed by atoms with Gasteiger partial charge >= 0.3 is 11.9 Å². The molecule has 0 unspecified atom stereocenters. The van der Waals surface area contributed by atoms with Crippen LogP contribution in [0.25, 0.3) is 0 Å². The Morgan fingerprint density at radius 3 is 1.87 bits per heavy atom. The largest absolute Gasteiger partial charge is 0.480 e. The van der Waals surface area contributed by atoms with E-state index in [-0.39, 0.29) is 0 Å². The van der Waals surface area contributed by atoms with Crippen LogP contribution in [0.2, 0.25) is 0 Å². The molecule has 0 aromatic heterocycles. The second kappa shape index (κ2) is 2.97. The van der Waals surface area contributed by atoms with Crippen molar-refractivity contribution in [1.82, 2.24) is 0 Å². The molecule has 1 fully saturated rings. The van der Waals surface area contributed by atoms with Crippen molar-refractivity contribution in [2.75, 3.05) is 0 Å². The van der Waals surface area contributed by atoms with Gasteiger partial charge in [0.1, 0.15) is 5.60 Å². The van der Waals surface area contributed by atoms with Crippen LogP contribution in [-0.2, 0) is 14.3 Å². The molecular formula is C11H18O4. The molecular weight excluding hydrogens is 196 g/mol. The first kappa shape index (κ1) is 12.0. The Balaban J connectivity index is 2.88. The van der Waals surface area contributed by atoms with Crippen molar-refractivity contribution >= 4 is 11.9 Å². The maximum atomic E-state index is 11.8. The summed E-state index contributed by atoms with van der Waals surface area (Å²) in [4.78, 5) is 22.9. The van der Waals surface area contributed by atoms with Crippen molar-refractivity contribution in [2.45, 2.75) is 46.6 Å². The summed E-state index contributed by atoms with van der Waals surface area (Å²) in [5, 5.41) is 9.11. The quantitative estimate of drug-likeness (QED) is 0.562. The second-order valence-electron chi connectivity index (χ2n) is 5.77. The van der Waals surface area contributed by atoms with Gasteiger partial charge in [-0.05, 0) is 32.6 Å². The number of carbonyl (C=O) groups excluding carboxylic acids is 1. The van der Waals surface area contributed by atoms with Gasteiger partial charge in [0.05, 0.1) is 0 Å². The zero-order chi connectivity index (χ0) is 12.1. The zero-order valence-corrected chi connectivity index (χ0v) is 9.88. The third-order valence-corrected chi connectivity index (χ3v) is 2.85. The number of ether oxygens (including phenoxy) is 1. The summed E-state index contributed by atoms with van der Waals surface area (Å²) in [6.07, 6.45) is 0.351. The van der Waals surface area contributed by atoms with Gasteiger partial charge in [0.2, 0.25) is 0 Å². The van der Waals surface area contributed by atoms with E-state index in [1.165, 1.54) is 0 Å². The summed E-state index contributed by atoms with van der Waals surface area (Å²) in [5.41, 5.74) is -2.47. The van der Waals surface area contributed by atoms with Crippen LogP contribution in [0, 0.1) is 10.8 Å². The van der Waals surface area contributed by atoms with Gasteiger partial charge in [-0.25, -0.2) is 0 Å². The molecule has 0 aromatic rings. The average molecular weight is 214 g/mol. The number of carbonyl (C=O) groups is 2. The Bertz CT molecular complexity index is 311. The lowest BCUT2D eigenvalue weighted by Gasteiger charge is -2.23. The molecule has 1 atom stereocenters. The van der Waals surface area contributed by atoms with E-state index in [0.29, 0.717) is 6.42 Å². The van der Waals surface area contributed by atoms with E-state index >= 15 is 0 Å². The predicted molar refractivity (Wildman–Crippen MR) is 54.3 cm³/mol. The summed E-state index contributed by atoms with van der Waals surface area (Å²) in [7, 11) is 0. The van der Waals surface area contributed by atoms with Gasteiger partial charge < -0.3 is 9.84 Å². The highest BCUT2D eigenvalue weighted by atomic mass is 16.6. The van der Waals surface area contributed by atoms with E-state index in [9.17, 15) is 9.59 Å². The van der Waals surface area contributed by atoms with Crippen LogP contribution < -0.4 is 0 Å². The van der Waals surface area contributed by atoms with Crippen molar-refractivity contribution in [2.24, 2.45) is 10.8 Å². The summed E-state index contributed by atoms with van der Waals surface area (Å²) in [6.45, 7) is 8.73. The maximum absolute atomic E-state index is 11.8. The Morgan fingerprint density at radius 1 is 1.27 bits per heavy atom. The first-order valence-corrected chi connectivity index (χ1v) is 5.00. The van der Waals surface area contributed by atoms with Crippen LogP contribution in [0.3, 0.4) is 0 Å². The number of rotatable bonds is 2. The highest BCUT2D eigenvalue weighted by Gasteiger charge is 2.73. The standard InChI is InChI=1S/C11H18O4/c1-9(2,3)15-8(14)11(7(12)13)6-10(11,4)5/h6H2,1-5H3,(H,12,13)/t11-/m1/s1. The molecule has 86 valence electrons. The van der Waals surface area contributed by atoms with Gasteiger partial charge in [-0.3, -0.25) is 9.59 Å². The number of hydrogen-bond donors (Lipinski definition) is 1. The number of esters is 1. The van der Waals surface area contributed by atoms with Gasteiger partial charge in [-0.1, -0.05) is 13.8 Å². The Kier molecular flexibility index (Phi) is 2.38. The van der Waals surface area contributed by atoms with Crippen molar-refractivity contribution in [1.29, 1.82) is 0 Å². The van der Waals surface area contributed by atoms with Crippen LogP contribution >= 0.6 is 0 Å². The van der Waals surface area contributed by atoms with Crippen LogP contribution in [0.15, 0.2) is 0 Å². The molecule has 1 rings (SSSR count). The molecule has 0 aromatic carbocycles. The maximum Gasteiger partial charge on any atom is 0.324 e. The van der Waals surface area contributed by atoms with Gasteiger partial charge in [0.25, 0.3) is 0 Å². The summed E-state index contributed by atoms with van der Waals surface area (Å²) < 4.78 is 5.14. The number of aliphatic carboxylic acids is 1. The molecule has 4 nitrogen and oxygen atoms in total. The fourth-order valence-corrected chi connectivity index (χ4v) is 1.78. The van der Waals surface area contributed by atoms with E-state index in [4.69, 9.17) is 9.84 Å². The topological polar surface area (TPSA) is 63.6 Å². The highest BCUT2D eigenvalue weighted by Crippen LogP contribution is 2.64. The predicted octanol–water partition coefficient (Wildman–Crippen LogP) is 1.83. The first-order chi connectivity index (χ1) is 6.53. The molecule has 1 aliphatic rings. The van der Waals surface area contributed by atoms with E-state index in [1.54, 1.807) is 34.6 Å². The molecule has 4 heteroatoms. The summed E-state index contributed by atoms with van der Waals surface area (Å²) in [5.74, 6) is -1.70. The molecule has 0 radical (unpaired) electrons. The van der Waals surface area contributed by atoms with E-state index in [1.807, 2.05) is 0 Å². The molecule has 15 heavy (non-hydrogen) atoms. The van der Waals surface area contributed by atoms with Gasteiger partial charge in [0.15, 0.2) is 5.41 Å². The molecule has 0 saturated heterocycles. The van der Waals surface area contributed by atoms with Crippen LogP contribution in [0.4, 0.5) is 0 Å². The normalized spacial score (nSPS) is 28.3. The number of carboxylic acid groups (broad SMARTS) is 1. The molecule has 0 heterocycles. The van der Waals surface area contributed by atoms with E-state index in [2.05, 4.69) is 0 Å². The van der Waals surface area contributed by atoms with Crippen molar-refractivity contribution in [3.05, 3.63) is 0 Å². The smallest absolute Gasteiger partial charge is 0.324 e. The van der Waals surface area contributed by atoms with Crippen molar-refractivity contribution in [3.8, 4) is 0 Å². The molecule has 1 saturated carbocycles. The third kappa shape index (κ3) is 1.85. The Hall–Kier alpha value is -1.06. The fraction of sp³-hybridized carbons (Fsp3) is 0.818. The van der Waals surface area contributed by atoms with Crippen molar-refractivity contribution in [3.63, 3.8) is 0 Å². The minimum Gasteiger partial charge on any atom is -0.480 e. The van der Waals surface area contributed by atoms with Crippen LogP contribution in [-0.4, -0.2) is 22.6 Å². The molecule has 1 N–H and O–H groups in total. The lowest BCUT2D eigenvalue weighted by Crippen LogP contribution is -2.36. The van der Waals surface area contributed by atoms with E-state index < -0.39 is 28.4 Å². The minimum atomic E-state index is -1.33. The average Bonchev–Trinajstić information content (AvgIpc) is 2.51. The second-order valence-corrected chi connectivity index (χ2v) is 5.77. The molecule has 0 aliphatic heterocycles. The molecule has 0 amide bonds. The van der Waals surface area contributed by atoms with Gasteiger partial charge in [0, 0.05) is 0 Å². The fourth-order valence-electron chi connectivity index (χ4n) is 1.78. The lowest BCUT2D eigenvalue weighted by atomic mass is 9.96. The number of carboxylic acids is 1. The number of hydrogen-bond acceptors (Lipinski definition) is 3. The highest BCUT2D eigenvalue weighted by molar-refractivity contribution is 6.04. The molecule has 0 bridgehead atoms. The zero-order valence-electron chi connectivity index (χ0n) is 9.88. The lowest BCUT2D eigenvalue weighted by molar-refractivity contribution is -0.171. The summed E-state index contributed by atoms with van der Waals surface area (Å²) in [6, 6.07) is 0. The molecule has 1 aliphatic carbocycles. The van der Waals surface area contributed by atoms with Crippen LogP contribution in [0.1, 0.15) is 41.0 Å². The minimum absolute atomic E-state index is 0.351. The Morgan fingerprint density at radius 2 is 1.67 bits per heavy atom. The monoisotopic (exact) mass is 214 g/mol. The van der Waals surface area contributed by atoms with Gasteiger partial charge in [-0.15, -0.1) is 0 Å². The van der Waals surface area contributed by atoms with Gasteiger partial charge in [-0.2, -0.15) is 0 Å². The van der Waals surface area contributed by atoms with Crippen molar-refractivity contribution < 1.29 is 19.4 Å². The third-order valence-electron chi connectivity index (χ3n) is 2.85. The summed E-state index contributed by atoms with van der Waals surface area (Å²) >= 11 is 0. The van der Waals surface area contributed by atoms with E-state index in [0.717, 1.165) is 0 Å².